The molecule has 3 N–H and O–H groups in total. The molecule has 7 nitrogen and oxygen atoms in total. The summed E-state index contributed by atoms with van der Waals surface area (Å²) >= 11 is 11.7. The van der Waals surface area contributed by atoms with Gasteiger partial charge in [-0.15, -0.1) is 0 Å². The zero-order valence-electron chi connectivity index (χ0n) is 21.7. The van der Waals surface area contributed by atoms with Crippen molar-refractivity contribution < 1.29 is 23.4 Å². The fraction of sp³-hybridized carbons (Fsp3) is 0.462. The van der Waals surface area contributed by atoms with E-state index in [2.05, 4.69) is 35.3 Å². The number of benzene rings is 1. The number of aliphatic hydroxyl groups excluding tert-OH is 1. The third-order valence-corrected chi connectivity index (χ3v) is 8.98. The van der Waals surface area contributed by atoms with Crippen molar-refractivity contribution in [2.24, 2.45) is 5.41 Å². The molecule has 1 saturated carbocycles. The van der Waals surface area contributed by atoms with E-state index in [9.17, 15) is 13.9 Å². The maximum Gasteiger partial charge on any atom is 0.198 e. The Hall–Kier alpha value is -2.31. The second-order valence-corrected chi connectivity index (χ2v) is 17.4. The lowest BCUT2D eigenvalue weighted by Gasteiger charge is -2.40. The van der Waals surface area contributed by atoms with Crippen LogP contribution in [-0.4, -0.2) is 47.6 Å². The second kappa shape index (κ2) is 11.8. The fourth-order valence-electron chi connectivity index (χ4n) is 4.21. The maximum absolute atomic E-state index is 15.0. The summed E-state index contributed by atoms with van der Waals surface area (Å²) in [5.41, 5.74) is 0.440. The van der Waals surface area contributed by atoms with Crippen LogP contribution in [0.5, 0.6) is 11.5 Å². The van der Waals surface area contributed by atoms with Gasteiger partial charge in [0, 0.05) is 56.9 Å². The summed E-state index contributed by atoms with van der Waals surface area (Å²) in [7, 11) is -1.22. The summed E-state index contributed by atoms with van der Waals surface area (Å²) in [5.74, 6) is -2.20. The minimum Gasteiger partial charge on any atom is -0.450 e. The summed E-state index contributed by atoms with van der Waals surface area (Å²) in [4.78, 5) is 4.37. The van der Waals surface area contributed by atoms with E-state index in [1.165, 1.54) is 12.3 Å². The minimum atomic E-state index is -1.22. The van der Waals surface area contributed by atoms with E-state index >= 15 is 0 Å². The molecule has 0 aliphatic heterocycles. The van der Waals surface area contributed by atoms with Gasteiger partial charge in [-0.1, -0.05) is 37.7 Å². The van der Waals surface area contributed by atoms with Gasteiger partial charge in [0.25, 0.3) is 0 Å². The Morgan fingerprint density at radius 2 is 1.97 bits per heavy atom. The van der Waals surface area contributed by atoms with Crippen LogP contribution in [0.3, 0.4) is 0 Å². The van der Waals surface area contributed by atoms with E-state index < -0.39 is 25.5 Å². The van der Waals surface area contributed by atoms with Crippen LogP contribution in [0.4, 0.5) is 14.5 Å². The van der Waals surface area contributed by atoms with Crippen LogP contribution in [-0.2, 0) is 11.5 Å². The van der Waals surface area contributed by atoms with Crippen molar-refractivity contribution in [3.05, 3.63) is 47.2 Å². The number of aliphatic hydroxyl groups is 1. The molecule has 1 aromatic carbocycles. The number of rotatable bonds is 11. The van der Waals surface area contributed by atoms with Gasteiger partial charge in [-0.2, -0.15) is 0 Å². The highest BCUT2D eigenvalue weighted by Gasteiger charge is 2.36. The first-order valence-electron chi connectivity index (χ1n) is 12.5. The minimum absolute atomic E-state index is 0.0687. The van der Waals surface area contributed by atoms with Crippen LogP contribution in [0.15, 0.2) is 30.6 Å². The number of hydrogen-bond acceptors (Lipinski definition) is 5. The molecule has 2 heterocycles. The van der Waals surface area contributed by atoms with Gasteiger partial charge in [0.15, 0.2) is 22.5 Å². The number of ether oxygens (including phenoxy) is 2. The first-order valence-corrected chi connectivity index (χ1v) is 17.0. The molecule has 4 rings (SSSR count). The SMILES string of the molecule is C[Si](C)(C)CCOCn1cc(Cl)c2c(Oc3c(F)cc(NC(=S)NCC4(CO)CCC4)cc3F)ccnc21. The molecule has 0 spiro atoms. The van der Waals surface area contributed by atoms with Crippen molar-refractivity contribution in [3.63, 3.8) is 0 Å². The second-order valence-electron chi connectivity index (χ2n) is 11.0. The van der Waals surface area contributed by atoms with E-state index in [-0.39, 0.29) is 35.3 Å². The zero-order chi connectivity index (χ0) is 27.5. The molecule has 0 bridgehead atoms. The zero-order valence-corrected chi connectivity index (χ0v) is 24.3. The highest BCUT2D eigenvalue weighted by atomic mass is 35.5. The molecule has 0 unspecified atom stereocenters. The predicted molar refractivity (Wildman–Crippen MR) is 153 cm³/mol. The van der Waals surface area contributed by atoms with Crippen molar-refractivity contribution in [1.82, 2.24) is 14.9 Å². The Labute approximate surface area is 232 Å². The third kappa shape index (κ3) is 6.81. The van der Waals surface area contributed by atoms with E-state index in [0.29, 0.717) is 29.2 Å². The number of halogens is 3. The maximum atomic E-state index is 15.0. The summed E-state index contributed by atoms with van der Waals surface area (Å²) in [6.45, 7) is 8.26. The van der Waals surface area contributed by atoms with Gasteiger partial charge in [0.05, 0.1) is 17.0 Å². The molecule has 0 atom stereocenters. The number of pyridine rings is 1. The molecule has 2 aromatic heterocycles. The summed E-state index contributed by atoms with van der Waals surface area (Å²) in [6, 6.07) is 4.74. The highest BCUT2D eigenvalue weighted by Crippen LogP contribution is 2.40. The van der Waals surface area contributed by atoms with E-state index in [1.54, 1.807) is 10.8 Å². The molecule has 12 heteroatoms. The number of fused-ring (bicyclic) bond motifs is 1. The molecular weight excluding hydrogens is 550 g/mol. The molecule has 206 valence electrons. The molecule has 1 aliphatic carbocycles. The first-order chi connectivity index (χ1) is 18.0. The topological polar surface area (TPSA) is 80.6 Å². The van der Waals surface area contributed by atoms with Crippen LogP contribution in [0.25, 0.3) is 11.0 Å². The van der Waals surface area contributed by atoms with Crippen molar-refractivity contribution >= 4 is 53.7 Å². The monoisotopic (exact) mass is 582 g/mol. The molecule has 0 radical (unpaired) electrons. The molecular formula is C26H33ClF2N4O3SSi. The number of nitrogens with one attached hydrogen (secondary N) is 2. The normalized spacial score (nSPS) is 14.8. The predicted octanol–water partition coefficient (Wildman–Crippen LogP) is 6.52. The summed E-state index contributed by atoms with van der Waals surface area (Å²) in [6.07, 6.45) is 6.04. The number of anilines is 1. The lowest BCUT2D eigenvalue weighted by molar-refractivity contribution is 0.0493. The van der Waals surface area contributed by atoms with Crippen LogP contribution < -0.4 is 15.4 Å². The Morgan fingerprint density at radius 3 is 2.58 bits per heavy atom. The lowest BCUT2D eigenvalue weighted by atomic mass is 9.69. The lowest BCUT2D eigenvalue weighted by Crippen LogP contribution is -2.45. The van der Waals surface area contributed by atoms with Gasteiger partial charge in [0.2, 0.25) is 0 Å². The van der Waals surface area contributed by atoms with Gasteiger partial charge < -0.3 is 29.8 Å². The van der Waals surface area contributed by atoms with Gasteiger partial charge in [0.1, 0.15) is 18.1 Å². The number of hydrogen-bond donors (Lipinski definition) is 3. The smallest absolute Gasteiger partial charge is 0.198 e. The Balaban J connectivity index is 1.45. The van der Waals surface area contributed by atoms with Crippen molar-refractivity contribution in [2.45, 2.75) is 51.7 Å². The summed E-state index contributed by atoms with van der Waals surface area (Å²) in [5, 5.41) is 16.4. The molecule has 1 aliphatic rings. The van der Waals surface area contributed by atoms with Gasteiger partial charge in [-0.3, -0.25) is 0 Å². The first kappa shape index (κ1) is 28.7. The van der Waals surface area contributed by atoms with Crippen LogP contribution in [0.2, 0.25) is 30.7 Å². The molecule has 3 aromatic rings. The van der Waals surface area contributed by atoms with Gasteiger partial charge in [-0.25, -0.2) is 13.8 Å². The fourth-order valence-corrected chi connectivity index (χ4v) is 5.46. The van der Waals surface area contributed by atoms with Crippen LogP contribution >= 0.6 is 23.8 Å². The van der Waals surface area contributed by atoms with Gasteiger partial charge in [-0.05, 0) is 37.2 Å². The standard InChI is InChI=1S/C26H33ClF2N4O3SSi/c1-38(2,3)10-9-35-16-33-13-18(27)22-21(5-8-30-24(22)33)36-23-19(28)11-17(12-20(23)29)32-25(37)31-14-26(15-34)6-4-7-26/h5,8,11-13,34H,4,6-7,9-10,14-16H2,1-3H3,(H2,31,32,37). The number of thiocarbonyl (C=S) groups is 1. The number of nitrogens with zero attached hydrogens (tertiary/aromatic N) is 2. The van der Waals surface area contributed by atoms with Crippen LogP contribution in [0, 0.1) is 17.0 Å². The summed E-state index contributed by atoms with van der Waals surface area (Å²) < 4.78 is 43.2. The van der Waals surface area contributed by atoms with Crippen LogP contribution in [0.1, 0.15) is 19.3 Å². The largest absolute Gasteiger partial charge is 0.450 e. The Kier molecular flexibility index (Phi) is 8.93. The van der Waals surface area contributed by atoms with Crippen molar-refractivity contribution in [1.29, 1.82) is 0 Å². The molecule has 38 heavy (non-hydrogen) atoms. The molecule has 1 fully saturated rings. The van der Waals surface area contributed by atoms with Crippen molar-refractivity contribution in [2.75, 3.05) is 25.1 Å². The van der Waals surface area contributed by atoms with Crippen molar-refractivity contribution in [3.8, 4) is 11.5 Å². The van der Waals surface area contributed by atoms with E-state index in [1.807, 2.05) is 0 Å². The quantitative estimate of drug-likeness (QED) is 0.135. The average Bonchev–Trinajstić information content (AvgIpc) is 3.14. The Bertz CT molecular complexity index is 1290. The third-order valence-electron chi connectivity index (χ3n) is 6.74. The number of aromatic nitrogens is 2. The van der Waals surface area contributed by atoms with Gasteiger partial charge >= 0.3 is 0 Å². The van der Waals surface area contributed by atoms with E-state index in [0.717, 1.165) is 37.4 Å². The average molecular weight is 583 g/mol. The molecule has 0 saturated heterocycles. The Morgan fingerprint density at radius 1 is 1.26 bits per heavy atom. The molecule has 0 amide bonds. The highest BCUT2D eigenvalue weighted by molar-refractivity contribution is 7.80. The van der Waals surface area contributed by atoms with E-state index in [4.69, 9.17) is 33.3 Å².